The molecule has 9 heteroatoms. The molecule has 1 heterocycles. The van der Waals surface area contributed by atoms with Gasteiger partial charge in [-0.15, -0.1) is 5.10 Å². The van der Waals surface area contributed by atoms with Gasteiger partial charge in [0.25, 0.3) is 0 Å². The minimum absolute atomic E-state index is 0. The van der Waals surface area contributed by atoms with Gasteiger partial charge in [-0.05, 0) is 6.07 Å². The van der Waals surface area contributed by atoms with Crippen molar-refractivity contribution in [3.05, 3.63) is 21.2 Å². The topological polar surface area (TPSA) is 105 Å². The van der Waals surface area contributed by atoms with E-state index in [4.69, 9.17) is 11.6 Å². The number of phenols is 1. The van der Waals surface area contributed by atoms with Crippen LogP contribution in [-0.4, -0.2) is 25.4 Å². The van der Waals surface area contributed by atoms with Crippen molar-refractivity contribution in [2.24, 2.45) is 0 Å². The van der Waals surface area contributed by atoms with Gasteiger partial charge in [0.2, 0.25) is 5.75 Å². The number of rotatable bonds is 1. The molecule has 0 spiro atoms. The quantitative estimate of drug-likeness (QED) is 0.466. The Bertz CT molecular complexity index is 528. The van der Waals surface area contributed by atoms with E-state index in [-0.39, 0.29) is 32.9 Å². The van der Waals surface area contributed by atoms with Crippen LogP contribution in [0.3, 0.4) is 0 Å². The van der Waals surface area contributed by atoms with Crippen LogP contribution in [-0.2, 0) is 22.4 Å². The molecule has 0 aliphatic rings. The van der Waals surface area contributed by atoms with Crippen molar-refractivity contribution >= 4 is 28.3 Å². The molecule has 1 aromatic carbocycles. The van der Waals surface area contributed by atoms with Gasteiger partial charge in [0.1, 0.15) is 5.02 Å². The fourth-order valence-electron chi connectivity index (χ4n) is 1.11. The van der Waals surface area contributed by atoms with Crippen molar-refractivity contribution in [2.45, 2.75) is 0 Å². The van der Waals surface area contributed by atoms with Crippen LogP contribution in [0.5, 0.6) is 5.75 Å². The molecule has 0 saturated carbocycles. The second-order valence-corrected chi connectivity index (χ2v) is 2.93. The van der Waals surface area contributed by atoms with Gasteiger partial charge in [0.05, 0.1) is 10.4 Å². The van der Waals surface area contributed by atoms with E-state index in [2.05, 4.69) is 15.4 Å². The average Bonchev–Trinajstić information content (AvgIpc) is 2.50. The van der Waals surface area contributed by atoms with Crippen LogP contribution >= 0.6 is 11.6 Å². The molecule has 0 fully saturated rings. The second-order valence-electron chi connectivity index (χ2n) is 2.52. The van der Waals surface area contributed by atoms with Gasteiger partial charge >= 0.3 is 5.69 Å². The summed E-state index contributed by atoms with van der Waals surface area (Å²) in [6.45, 7) is 0. The van der Waals surface area contributed by atoms with Crippen molar-refractivity contribution in [2.75, 3.05) is 0 Å². The zero-order valence-corrected chi connectivity index (χ0v) is 9.10. The molecule has 83 valence electrons. The number of aromatic nitrogens is 3. The van der Waals surface area contributed by atoms with E-state index in [9.17, 15) is 15.2 Å². The number of nitro groups is 1. The smallest absolute Gasteiger partial charge is 0.331 e. The van der Waals surface area contributed by atoms with Crippen LogP contribution in [0.2, 0.25) is 5.02 Å². The standard InChI is InChI=1S/C6H3ClN4O3.Ag/c7-2-1-3-4(9-10-8-3)6(12)5(2)11(13)14;/h1,12H,(H,8,9,10);. The van der Waals surface area contributed by atoms with Gasteiger partial charge < -0.3 is 5.11 Å². The maximum Gasteiger partial charge on any atom is 0.331 e. The van der Waals surface area contributed by atoms with Crippen LogP contribution in [0.25, 0.3) is 11.0 Å². The Hall–Kier alpha value is -1.15. The van der Waals surface area contributed by atoms with Crippen LogP contribution in [0.4, 0.5) is 5.69 Å². The van der Waals surface area contributed by atoms with E-state index in [0.717, 1.165) is 0 Å². The van der Waals surface area contributed by atoms with Crippen molar-refractivity contribution in [1.82, 2.24) is 15.4 Å². The fourth-order valence-corrected chi connectivity index (χ4v) is 1.37. The number of aromatic hydroxyl groups is 1. The molecular formula is C6H3AgClN4O3. The van der Waals surface area contributed by atoms with Gasteiger partial charge in [-0.25, -0.2) is 0 Å². The van der Waals surface area contributed by atoms with Gasteiger partial charge in [-0.2, -0.15) is 0 Å². The van der Waals surface area contributed by atoms with E-state index < -0.39 is 16.4 Å². The number of nitrogens with zero attached hydrogens (tertiary/aromatic N) is 3. The molecule has 0 aliphatic heterocycles. The number of benzene rings is 1. The number of nitrogens with one attached hydrogen (secondary N) is 1. The first-order chi connectivity index (χ1) is 6.61. The molecule has 7 nitrogen and oxygen atoms in total. The Labute approximate surface area is 103 Å². The van der Waals surface area contributed by atoms with E-state index >= 15 is 0 Å². The molecular weight excluding hydrogens is 319 g/mol. The number of fused-ring (bicyclic) bond motifs is 1. The van der Waals surface area contributed by atoms with Gasteiger partial charge in [-0.1, -0.05) is 16.8 Å². The summed E-state index contributed by atoms with van der Waals surface area (Å²) in [6, 6.07) is 1.29. The molecule has 15 heavy (non-hydrogen) atoms. The summed E-state index contributed by atoms with van der Waals surface area (Å²) in [6.07, 6.45) is 0. The van der Waals surface area contributed by atoms with Crippen LogP contribution in [0.1, 0.15) is 0 Å². The summed E-state index contributed by atoms with van der Waals surface area (Å²) < 4.78 is 0. The average molecular weight is 322 g/mol. The van der Waals surface area contributed by atoms with Crippen molar-refractivity contribution in [3.63, 3.8) is 0 Å². The maximum absolute atomic E-state index is 10.5. The Kier molecular flexibility index (Phi) is 3.30. The monoisotopic (exact) mass is 321 g/mol. The maximum atomic E-state index is 10.5. The molecule has 1 radical (unpaired) electrons. The minimum Gasteiger partial charge on any atom is -0.500 e. The Morgan fingerprint density at radius 1 is 1.60 bits per heavy atom. The number of hydrogen-bond donors (Lipinski definition) is 2. The summed E-state index contributed by atoms with van der Waals surface area (Å²) in [5.41, 5.74) is -0.188. The number of phenolic OH excluding ortho intramolecular Hbond substituents is 1. The molecule has 2 N–H and O–H groups in total. The molecule has 0 bridgehead atoms. The van der Waals surface area contributed by atoms with E-state index in [1.165, 1.54) is 6.07 Å². The Balaban J connectivity index is 0.00000112. The first kappa shape index (κ1) is 11.9. The largest absolute Gasteiger partial charge is 0.500 e. The number of H-pyrrole nitrogens is 1. The number of hydrogen-bond acceptors (Lipinski definition) is 5. The van der Waals surface area contributed by atoms with E-state index in [1.54, 1.807) is 0 Å². The van der Waals surface area contributed by atoms with Gasteiger partial charge in [0.15, 0.2) is 5.52 Å². The first-order valence-electron chi connectivity index (χ1n) is 3.48. The molecule has 0 unspecified atom stereocenters. The first-order valence-corrected chi connectivity index (χ1v) is 3.85. The summed E-state index contributed by atoms with van der Waals surface area (Å²) in [5.74, 6) is -0.578. The summed E-state index contributed by atoms with van der Waals surface area (Å²) in [7, 11) is 0. The number of halogens is 1. The molecule has 0 amide bonds. The molecule has 2 aromatic rings. The van der Waals surface area contributed by atoms with Crippen molar-refractivity contribution in [3.8, 4) is 5.75 Å². The third-order valence-corrected chi connectivity index (χ3v) is 1.99. The molecule has 0 saturated heterocycles. The summed E-state index contributed by atoms with van der Waals surface area (Å²) in [4.78, 5) is 9.74. The van der Waals surface area contributed by atoms with E-state index in [0.29, 0.717) is 5.52 Å². The van der Waals surface area contributed by atoms with Crippen LogP contribution in [0, 0.1) is 10.1 Å². The van der Waals surface area contributed by atoms with Gasteiger partial charge in [-0.3, -0.25) is 15.2 Å². The minimum atomic E-state index is -0.772. The van der Waals surface area contributed by atoms with Gasteiger partial charge in [0, 0.05) is 22.4 Å². The predicted octanol–water partition coefficient (Wildman–Crippen LogP) is 1.22. The normalized spacial score (nSPS) is 9.93. The summed E-state index contributed by atoms with van der Waals surface area (Å²) in [5, 5.41) is 29.1. The number of nitro benzene ring substituents is 1. The molecule has 0 atom stereocenters. The van der Waals surface area contributed by atoms with E-state index in [1.807, 2.05) is 0 Å². The molecule has 2 rings (SSSR count). The third-order valence-electron chi connectivity index (χ3n) is 1.70. The van der Waals surface area contributed by atoms with Crippen LogP contribution in [0.15, 0.2) is 6.07 Å². The zero-order valence-electron chi connectivity index (χ0n) is 6.86. The summed E-state index contributed by atoms with van der Waals surface area (Å²) >= 11 is 5.58. The predicted molar refractivity (Wildman–Crippen MR) is 47.2 cm³/mol. The molecule has 1 aromatic heterocycles. The Morgan fingerprint density at radius 3 is 2.87 bits per heavy atom. The third kappa shape index (κ3) is 1.82. The van der Waals surface area contributed by atoms with Crippen molar-refractivity contribution in [1.29, 1.82) is 0 Å². The SMILES string of the molecule is O=[N+]([O-])c1c(Cl)cc2[nH]nnc2c1O.[Ag]. The zero-order chi connectivity index (χ0) is 10.3. The Morgan fingerprint density at radius 2 is 2.27 bits per heavy atom. The number of aromatic amines is 1. The fraction of sp³-hybridized carbons (Fsp3) is 0. The second kappa shape index (κ2) is 4.15. The van der Waals surface area contributed by atoms with Crippen molar-refractivity contribution < 1.29 is 32.4 Å². The van der Waals surface area contributed by atoms with Crippen LogP contribution < -0.4 is 0 Å². The molecule has 0 aliphatic carbocycles.